The summed E-state index contributed by atoms with van der Waals surface area (Å²) in [6, 6.07) is 0. The lowest BCUT2D eigenvalue weighted by atomic mass is 10.1. The van der Waals surface area contributed by atoms with Gasteiger partial charge in [0.2, 0.25) is 0 Å². The molecule has 1 unspecified atom stereocenters. The molecule has 2 rings (SSSR count). The van der Waals surface area contributed by atoms with E-state index in [1.54, 1.807) is 0 Å². The third kappa shape index (κ3) is 1.20. The van der Waals surface area contributed by atoms with Gasteiger partial charge in [-0.25, -0.2) is 14.2 Å². The Balaban J connectivity index is 2.47. The topological polar surface area (TPSA) is 55.1 Å². The zero-order valence-electron chi connectivity index (χ0n) is 6.90. The number of fused-ring (bicyclic) bond motifs is 1. The van der Waals surface area contributed by atoms with Crippen LogP contribution in [0.1, 0.15) is 35.3 Å². The number of halogens is 1. The molecule has 1 aliphatic heterocycles. The Morgan fingerprint density at radius 2 is 2.54 bits per heavy atom. The summed E-state index contributed by atoms with van der Waals surface area (Å²) in [7, 11) is 0. The number of aromatic carboxylic acids is 1. The molecular weight excluding hydrogens is 175 g/mol. The highest BCUT2D eigenvalue weighted by molar-refractivity contribution is 5.85. The molecule has 0 fully saturated rings. The molecule has 4 nitrogen and oxygen atoms in total. The van der Waals surface area contributed by atoms with Crippen LogP contribution in [0.15, 0.2) is 6.20 Å². The number of hydrogen-bond donors (Lipinski definition) is 1. The Labute approximate surface area is 74.0 Å². The summed E-state index contributed by atoms with van der Waals surface area (Å²) in [6.45, 7) is 0.553. The lowest BCUT2D eigenvalue weighted by Crippen LogP contribution is -2.17. The molecule has 1 N–H and O–H groups in total. The average molecular weight is 184 g/mol. The van der Waals surface area contributed by atoms with E-state index in [-0.39, 0.29) is 11.5 Å². The first kappa shape index (κ1) is 8.22. The number of rotatable bonds is 1. The van der Waals surface area contributed by atoms with Crippen molar-refractivity contribution < 1.29 is 14.3 Å². The largest absolute Gasteiger partial charge is 0.477 e. The van der Waals surface area contributed by atoms with Crippen molar-refractivity contribution in [3.8, 4) is 0 Å². The van der Waals surface area contributed by atoms with Gasteiger partial charge >= 0.3 is 5.97 Å². The van der Waals surface area contributed by atoms with E-state index in [1.165, 1.54) is 10.8 Å². The third-order valence-corrected chi connectivity index (χ3v) is 2.23. The monoisotopic (exact) mass is 184 g/mol. The highest BCUT2D eigenvalue weighted by Crippen LogP contribution is 2.27. The van der Waals surface area contributed by atoms with Gasteiger partial charge in [0.1, 0.15) is 11.5 Å². The van der Waals surface area contributed by atoms with Crippen molar-refractivity contribution in [2.24, 2.45) is 0 Å². The minimum absolute atomic E-state index is 0.0809. The first-order chi connectivity index (χ1) is 6.20. The van der Waals surface area contributed by atoms with Gasteiger partial charge in [0.15, 0.2) is 6.17 Å². The van der Waals surface area contributed by atoms with E-state index in [9.17, 15) is 9.18 Å². The van der Waals surface area contributed by atoms with E-state index in [1.807, 2.05) is 0 Å². The fraction of sp³-hybridized carbons (Fsp3) is 0.500. The normalized spacial score (nSPS) is 21.2. The Hall–Kier alpha value is -1.39. The van der Waals surface area contributed by atoms with E-state index in [2.05, 4.69) is 4.98 Å². The maximum atomic E-state index is 13.2. The van der Waals surface area contributed by atoms with E-state index in [0.29, 0.717) is 19.4 Å². The predicted octanol–water partition coefficient (Wildman–Crippen LogP) is 1.39. The standard InChI is InChI=1S/C8H9FN2O2/c9-5-2-1-3-11-6(8(12)13)4-10-7(5)11/h4-5H,1-3H2,(H,12,13). The first-order valence-corrected chi connectivity index (χ1v) is 4.13. The van der Waals surface area contributed by atoms with Crippen molar-refractivity contribution in [2.45, 2.75) is 25.6 Å². The van der Waals surface area contributed by atoms with Crippen LogP contribution in [0.4, 0.5) is 4.39 Å². The molecule has 70 valence electrons. The highest BCUT2D eigenvalue weighted by atomic mass is 19.1. The van der Waals surface area contributed by atoms with Gasteiger partial charge in [-0.1, -0.05) is 0 Å². The second kappa shape index (κ2) is 2.83. The second-order valence-electron chi connectivity index (χ2n) is 3.07. The molecule has 0 aromatic carbocycles. The molecule has 0 spiro atoms. The Kier molecular flexibility index (Phi) is 1.79. The molecule has 0 bridgehead atoms. The molecule has 13 heavy (non-hydrogen) atoms. The molecule has 0 radical (unpaired) electrons. The van der Waals surface area contributed by atoms with Crippen LogP contribution in [0.5, 0.6) is 0 Å². The van der Waals surface area contributed by atoms with Gasteiger partial charge in [-0.2, -0.15) is 0 Å². The van der Waals surface area contributed by atoms with Gasteiger partial charge in [0, 0.05) is 6.54 Å². The number of hydrogen-bond acceptors (Lipinski definition) is 2. The first-order valence-electron chi connectivity index (χ1n) is 4.13. The van der Waals surface area contributed by atoms with Crippen LogP contribution < -0.4 is 0 Å². The van der Waals surface area contributed by atoms with Crippen LogP contribution in [0.3, 0.4) is 0 Å². The zero-order valence-corrected chi connectivity index (χ0v) is 6.90. The third-order valence-electron chi connectivity index (χ3n) is 2.23. The lowest BCUT2D eigenvalue weighted by Gasteiger charge is -2.18. The zero-order chi connectivity index (χ0) is 9.42. The summed E-state index contributed by atoms with van der Waals surface area (Å²) in [5.74, 6) is -0.795. The molecule has 0 saturated heterocycles. The summed E-state index contributed by atoms with van der Waals surface area (Å²) in [5.41, 5.74) is 0.0809. The molecule has 0 amide bonds. The van der Waals surface area contributed by atoms with Gasteiger partial charge in [0.25, 0.3) is 0 Å². The SMILES string of the molecule is O=C(O)c1cnc2n1CCCC2F. The Morgan fingerprint density at radius 3 is 3.23 bits per heavy atom. The molecule has 1 aromatic heterocycles. The summed E-state index contributed by atoms with van der Waals surface area (Å²) in [6.07, 6.45) is 1.22. The van der Waals surface area contributed by atoms with Gasteiger partial charge in [-0.15, -0.1) is 0 Å². The number of alkyl halides is 1. The smallest absolute Gasteiger partial charge is 0.354 e. The fourth-order valence-electron chi connectivity index (χ4n) is 1.60. The lowest BCUT2D eigenvalue weighted by molar-refractivity contribution is 0.0682. The van der Waals surface area contributed by atoms with E-state index in [4.69, 9.17) is 5.11 Å². The maximum absolute atomic E-state index is 13.2. The molecule has 1 atom stereocenters. The molecule has 1 aliphatic rings. The van der Waals surface area contributed by atoms with Crippen molar-refractivity contribution >= 4 is 5.97 Å². The van der Waals surface area contributed by atoms with Gasteiger partial charge < -0.3 is 9.67 Å². The van der Waals surface area contributed by atoms with Crippen molar-refractivity contribution in [3.05, 3.63) is 17.7 Å². The molecule has 1 aromatic rings. The van der Waals surface area contributed by atoms with Gasteiger partial charge in [-0.05, 0) is 12.8 Å². The number of carboxylic acid groups (broad SMARTS) is 1. The Morgan fingerprint density at radius 1 is 1.77 bits per heavy atom. The van der Waals surface area contributed by atoms with Crippen LogP contribution >= 0.6 is 0 Å². The van der Waals surface area contributed by atoms with Crippen molar-refractivity contribution in [3.63, 3.8) is 0 Å². The van der Waals surface area contributed by atoms with Crippen LogP contribution in [-0.4, -0.2) is 20.6 Å². The summed E-state index contributed by atoms with van der Waals surface area (Å²) < 4.78 is 14.6. The summed E-state index contributed by atoms with van der Waals surface area (Å²) in [5, 5.41) is 8.73. The minimum atomic E-state index is -1.11. The van der Waals surface area contributed by atoms with Crippen LogP contribution in [0, 0.1) is 0 Å². The van der Waals surface area contributed by atoms with Gasteiger partial charge in [-0.3, -0.25) is 0 Å². The van der Waals surface area contributed by atoms with Crippen LogP contribution in [-0.2, 0) is 6.54 Å². The molecule has 2 heterocycles. The van der Waals surface area contributed by atoms with Crippen molar-refractivity contribution in [1.82, 2.24) is 9.55 Å². The average Bonchev–Trinajstić information content (AvgIpc) is 2.48. The quantitative estimate of drug-likeness (QED) is 0.717. The molecule has 0 saturated carbocycles. The van der Waals surface area contributed by atoms with E-state index in [0.717, 1.165) is 0 Å². The molecular formula is C8H9FN2O2. The number of imidazole rings is 1. The van der Waals surface area contributed by atoms with Crippen LogP contribution in [0.25, 0.3) is 0 Å². The van der Waals surface area contributed by atoms with Crippen molar-refractivity contribution in [1.29, 1.82) is 0 Å². The molecule has 5 heteroatoms. The maximum Gasteiger partial charge on any atom is 0.354 e. The summed E-state index contributed by atoms with van der Waals surface area (Å²) >= 11 is 0. The minimum Gasteiger partial charge on any atom is -0.477 e. The van der Waals surface area contributed by atoms with E-state index >= 15 is 0 Å². The highest BCUT2D eigenvalue weighted by Gasteiger charge is 2.25. The number of nitrogens with zero attached hydrogens (tertiary/aromatic N) is 2. The van der Waals surface area contributed by atoms with Gasteiger partial charge in [0.05, 0.1) is 6.20 Å². The molecule has 0 aliphatic carbocycles. The second-order valence-corrected chi connectivity index (χ2v) is 3.07. The van der Waals surface area contributed by atoms with Crippen molar-refractivity contribution in [2.75, 3.05) is 0 Å². The summed E-state index contributed by atoms with van der Waals surface area (Å²) in [4.78, 5) is 14.4. The van der Waals surface area contributed by atoms with Crippen LogP contribution in [0.2, 0.25) is 0 Å². The van der Waals surface area contributed by atoms with E-state index < -0.39 is 12.1 Å². The predicted molar refractivity (Wildman–Crippen MR) is 42.3 cm³/mol. The Bertz CT molecular complexity index is 348. The number of carbonyl (C=O) groups is 1. The number of carboxylic acids is 1. The number of aromatic nitrogens is 2. The fourth-order valence-corrected chi connectivity index (χ4v) is 1.60.